The van der Waals surface area contributed by atoms with E-state index in [0.29, 0.717) is 23.4 Å². The van der Waals surface area contributed by atoms with Crippen molar-refractivity contribution in [3.05, 3.63) is 111 Å². The van der Waals surface area contributed by atoms with Crippen molar-refractivity contribution < 1.29 is 4.39 Å². The van der Waals surface area contributed by atoms with Crippen LogP contribution < -0.4 is 0 Å². The summed E-state index contributed by atoms with van der Waals surface area (Å²) in [6.45, 7) is 24.4. The van der Waals surface area contributed by atoms with Gasteiger partial charge >= 0.3 is 0 Å². The molecule has 0 unspecified atom stereocenters. The Balaban J connectivity index is 0.000000543. The number of pyridine rings is 3. The van der Waals surface area contributed by atoms with Crippen molar-refractivity contribution in [2.24, 2.45) is 0 Å². The maximum atomic E-state index is 13.0. The van der Waals surface area contributed by atoms with Crippen molar-refractivity contribution in [1.82, 2.24) is 24.9 Å². The van der Waals surface area contributed by atoms with Gasteiger partial charge in [-0.2, -0.15) is 0 Å². The summed E-state index contributed by atoms with van der Waals surface area (Å²) in [5.74, 6) is 2.27. The molecule has 43 heavy (non-hydrogen) atoms. The van der Waals surface area contributed by atoms with E-state index in [-0.39, 0.29) is 19.2 Å². The molecule has 0 N–H and O–H groups in total. The quantitative estimate of drug-likeness (QED) is 0.230. The highest BCUT2D eigenvalue weighted by Gasteiger charge is 2.07. The van der Waals surface area contributed by atoms with Gasteiger partial charge in [0.15, 0.2) is 0 Å². The van der Waals surface area contributed by atoms with Crippen LogP contribution in [-0.4, -0.2) is 24.9 Å². The van der Waals surface area contributed by atoms with Gasteiger partial charge in [-0.15, -0.1) is 0 Å². The molecule has 7 heteroatoms. The van der Waals surface area contributed by atoms with Crippen LogP contribution in [0.25, 0.3) is 0 Å². The van der Waals surface area contributed by atoms with Crippen LogP contribution in [0.2, 0.25) is 5.02 Å². The third-order valence-corrected chi connectivity index (χ3v) is 6.25. The van der Waals surface area contributed by atoms with Crippen LogP contribution >= 0.6 is 11.6 Å². The van der Waals surface area contributed by atoms with Crippen molar-refractivity contribution in [1.29, 1.82) is 0 Å². The Kier molecular flexibility index (Phi) is 18.3. The summed E-state index contributed by atoms with van der Waals surface area (Å²) in [6, 6.07) is 7.65. The first-order valence-electron chi connectivity index (χ1n) is 14.6. The van der Waals surface area contributed by atoms with Crippen LogP contribution in [0.1, 0.15) is 132 Å². The van der Waals surface area contributed by atoms with Gasteiger partial charge < -0.3 is 0 Å². The summed E-state index contributed by atoms with van der Waals surface area (Å²) in [5.41, 5.74) is 7.03. The van der Waals surface area contributed by atoms with Gasteiger partial charge in [-0.25, -0.2) is 14.4 Å². The summed E-state index contributed by atoms with van der Waals surface area (Å²) in [4.78, 5) is 20.9. The van der Waals surface area contributed by atoms with E-state index < -0.39 is 0 Å². The Morgan fingerprint density at radius 2 is 1.00 bits per heavy atom. The molecule has 0 atom stereocenters. The SMILES string of the molecule is C.Cc1ccc(C(C)C)nc1.Cc1cnc(C(C)C)c(Cl)c1.Cc1cnc(C(C)C)c(F)c1.Cc1cnc(C(C)C)nc1. The monoisotopic (exact) mass is 609 g/mol. The molecule has 0 bridgehead atoms. The Labute approximate surface area is 265 Å². The standard InChI is InChI=1S/C9H12ClN.C9H12FN.C9H13N.C8H12N2.CH4/c2*1-6(2)9-8(10)4-7(3)5-11-9;1-7(2)9-5-4-8(3)6-10-9;1-6(2)8-9-4-7(3)5-10-8;/h2*4-6H,1-3H3;4-7H,1-3H3;4-6H,1-3H3;1H4. The zero-order chi connectivity index (χ0) is 32.0. The molecule has 0 aliphatic rings. The summed E-state index contributed by atoms with van der Waals surface area (Å²) in [5, 5.41) is 0.778. The molecule has 4 aromatic rings. The highest BCUT2D eigenvalue weighted by Crippen LogP contribution is 2.22. The van der Waals surface area contributed by atoms with Crippen LogP contribution in [0.4, 0.5) is 4.39 Å². The molecule has 5 nitrogen and oxygen atoms in total. The Hall–Kier alpha value is -3.25. The Morgan fingerprint density at radius 1 is 0.535 bits per heavy atom. The lowest BCUT2D eigenvalue weighted by Gasteiger charge is -2.06. The first-order valence-corrected chi connectivity index (χ1v) is 14.9. The van der Waals surface area contributed by atoms with E-state index in [1.54, 1.807) is 6.20 Å². The highest BCUT2D eigenvalue weighted by molar-refractivity contribution is 6.31. The smallest absolute Gasteiger partial charge is 0.145 e. The lowest BCUT2D eigenvalue weighted by Crippen LogP contribution is -1.97. The second-order valence-corrected chi connectivity index (χ2v) is 12.2. The van der Waals surface area contributed by atoms with E-state index in [4.69, 9.17) is 11.6 Å². The molecule has 4 heterocycles. The fourth-order valence-electron chi connectivity index (χ4n) is 3.46. The number of aromatic nitrogens is 5. The van der Waals surface area contributed by atoms with Gasteiger partial charge in [-0.1, -0.05) is 80.5 Å². The molecule has 0 radical (unpaired) electrons. The molecule has 0 spiro atoms. The first kappa shape index (κ1) is 39.8. The van der Waals surface area contributed by atoms with Crippen molar-refractivity contribution in [3.63, 3.8) is 0 Å². The predicted octanol–water partition coefficient (Wildman–Crippen LogP) is 10.9. The van der Waals surface area contributed by atoms with Crippen LogP contribution in [0.3, 0.4) is 0 Å². The zero-order valence-corrected chi connectivity index (χ0v) is 28.3. The molecule has 0 aliphatic carbocycles. The molecule has 0 saturated heterocycles. The van der Waals surface area contributed by atoms with E-state index in [9.17, 15) is 4.39 Å². The molecule has 4 rings (SSSR count). The molecule has 4 aromatic heterocycles. The number of hydrogen-bond acceptors (Lipinski definition) is 5. The number of nitrogens with zero attached hydrogens (tertiary/aromatic N) is 5. The number of hydrogen-bond donors (Lipinski definition) is 0. The molecule has 0 saturated carbocycles. The van der Waals surface area contributed by atoms with Gasteiger partial charge in [0.2, 0.25) is 0 Å². The zero-order valence-electron chi connectivity index (χ0n) is 27.5. The van der Waals surface area contributed by atoms with E-state index in [1.165, 1.54) is 17.3 Å². The molecule has 0 aromatic carbocycles. The van der Waals surface area contributed by atoms with Crippen LogP contribution in [0.5, 0.6) is 0 Å². The van der Waals surface area contributed by atoms with Gasteiger partial charge in [0, 0.05) is 42.6 Å². The van der Waals surface area contributed by atoms with Gasteiger partial charge in [0.1, 0.15) is 11.6 Å². The number of halogens is 2. The van der Waals surface area contributed by atoms with Crippen LogP contribution in [0, 0.1) is 33.5 Å². The van der Waals surface area contributed by atoms with Gasteiger partial charge in [0.25, 0.3) is 0 Å². The molecular weight excluding hydrogens is 557 g/mol. The summed E-state index contributed by atoms with van der Waals surface area (Å²) < 4.78 is 13.0. The van der Waals surface area contributed by atoms with E-state index in [0.717, 1.165) is 33.2 Å². The first-order chi connectivity index (χ1) is 19.6. The van der Waals surface area contributed by atoms with Crippen LogP contribution in [0.15, 0.2) is 55.2 Å². The molecule has 0 fully saturated rings. The van der Waals surface area contributed by atoms with E-state index >= 15 is 0 Å². The van der Waals surface area contributed by atoms with E-state index in [2.05, 4.69) is 85.5 Å². The minimum atomic E-state index is -0.194. The predicted molar refractivity (Wildman–Crippen MR) is 182 cm³/mol. The van der Waals surface area contributed by atoms with Gasteiger partial charge in [-0.05, 0) is 85.9 Å². The summed E-state index contributed by atoms with van der Waals surface area (Å²) >= 11 is 5.96. The lowest BCUT2D eigenvalue weighted by molar-refractivity contribution is 0.583. The second kappa shape index (κ2) is 19.8. The number of rotatable bonds is 4. The molecular formula is C36H53ClFN5. The van der Waals surface area contributed by atoms with E-state index in [1.807, 2.05) is 65.5 Å². The maximum Gasteiger partial charge on any atom is 0.145 e. The van der Waals surface area contributed by atoms with Crippen LogP contribution in [-0.2, 0) is 0 Å². The minimum absolute atomic E-state index is 0. The largest absolute Gasteiger partial charge is 0.261 e. The minimum Gasteiger partial charge on any atom is -0.261 e. The molecule has 0 amide bonds. The average Bonchev–Trinajstić information content (AvgIpc) is 2.90. The maximum absolute atomic E-state index is 13.0. The van der Waals surface area contributed by atoms with Crippen molar-refractivity contribution in [3.8, 4) is 0 Å². The Bertz CT molecular complexity index is 1230. The molecule has 0 aliphatic heterocycles. The van der Waals surface area contributed by atoms with Crippen molar-refractivity contribution in [2.75, 3.05) is 0 Å². The fourth-order valence-corrected chi connectivity index (χ4v) is 3.90. The number of aryl methyl sites for hydroxylation is 4. The normalized spacial score (nSPS) is 10.3. The van der Waals surface area contributed by atoms with Crippen molar-refractivity contribution >= 4 is 11.6 Å². The average molecular weight is 610 g/mol. The second-order valence-electron chi connectivity index (χ2n) is 11.8. The van der Waals surface area contributed by atoms with Gasteiger partial charge in [-0.3, -0.25) is 15.0 Å². The third kappa shape index (κ3) is 15.2. The summed E-state index contributed by atoms with van der Waals surface area (Å²) in [6.07, 6.45) is 9.15. The van der Waals surface area contributed by atoms with Crippen molar-refractivity contribution in [2.45, 2.75) is 114 Å². The van der Waals surface area contributed by atoms with Gasteiger partial charge in [0.05, 0.1) is 16.4 Å². The third-order valence-electron chi connectivity index (χ3n) is 5.95. The fraction of sp³-hybridized carbons (Fsp3) is 0.472. The highest BCUT2D eigenvalue weighted by atomic mass is 35.5. The lowest BCUT2D eigenvalue weighted by atomic mass is 10.1. The molecule has 236 valence electrons. The topological polar surface area (TPSA) is 64.5 Å². The summed E-state index contributed by atoms with van der Waals surface area (Å²) in [7, 11) is 0. The Morgan fingerprint density at radius 3 is 1.40 bits per heavy atom.